The Morgan fingerprint density at radius 3 is 2.39 bits per heavy atom. The van der Waals surface area contributed by atoms with Crippen LogP contribution in [0.2, 0.25) is 0 Å². The minimum Gasteiger partial charge on any atom is -0.495 e. The van der Waals surface area contributed by atoms with E-state index in [9.17, 15) is 18.3 Å². The van der Waals surface area contributed by atoms with Gasteiger partial charge in [-0.25, -0.2) is 8.42 Å². The number of aliphatic hydroxyl groups excluding tert-OH is 1. The van der Waals surface area contributed by atoms with E-state index in [2.05, 4.69) is 0 Å². The number of fused-ring (bicyclic) bond motifs is 1. The summed E-state index contributed by atoms with van der Waals surface area (Å²) in [6, 6.07) is 14.8. The van der Waals surface area contributed by atoms with Crippen LogP contribution >= 0.6 is 0 Å². The number of hydrogen-bond acceptors (Lipinski definition) is 6. The fourth-order valence-corrected chi connectivity index (χ4v) is 5.30. The van der Waals surface area contributed by atoms with Crippen molar-refractivity contribution >= 4 is 9.84 Å². The van der Waals surface area contributed by atoms with Gasteiger partial charge in [0, 0.05) is 23.9 Å². The van der Waals surface area contributed by atoms with E-state index in [0.717, 1.165) is 0 Å². The summed E-state index contributed by atoms with van der Waals surface area (Å²) in [6.07, 6.45) is 0.456. The SMILES string of the molecule is COc1cc2c(cc1S(=O)(=O)c1ccccc1)C(n1ccccc1=O)C(O)C(C)(C)O2. The van der Waals surface area contributed by atoms with Crippen molar-refractivity contribution in [2.45, 2.75) is 41.4 Å². The Bertz CT molecular complexity index is 1280. The molecule has 0 amide bonds. The average Bonchev–Trinajstić information content (AvgIpc) is 2.75. The average molecular weight is 442 g/mol. The quantitative estimate of drug-likeness (QED) is 0.669. The lowest BCUT2D eigenvalue weighted by molar-refractivity contribution is -0.0645. The van der Waals surface area contributed by atoms with Gasteiger partial charge in [-0.15, -0.1) is 0 Å². The molecule has 2 atom stereocenters. The Labute approximate surface area is 180 Å². The van der Waals surface area contributed by atoms with Gasteiger partial charge in [-0.05, 0) is 38.1 Å². The summed E-state index contributed by atoms with van der Waals surface area (Å²) in [5, 5.41) is 11.1. The minimum atomic E-state index is -3.93. The number of aliphatic hydroxyl groups is 1. The van der Waals surface area contributed by atoms with Crippen LogP contribution in [0.3, 0.4) is 0 Å². The highest BCUT2D eigenvalue weighted by Crippen LogP contribution is 2.45. The second-order valence-electron chi connectivity index (χ2n) is 7.90. The number of rotatable bonds is 4. The van der Waals surface area contributed by atoms with E-state index in [0.29, 0.717) is 11.3 Å². The van der Waals surface area contributed by atoms with Crippen LogP contribution in [-0.4, -0.2) is 36.9 Å². The van der Waals surface area contributed by atoms with Crippen molar-refractivity contribution < 1.29 is 23.0 Å². The highest BCUT2D eigenvalue weighted by atomic mass is 32.2. The molecule has 3 aromatic rings. The van der Waals surface area contributed by atoms with Gasteiger partial charge in [0.25, 0.3) is 5.56 Å². The summed E-state index contributed by atoms with van der Waals surface area (Å²) < 4.78 is 39.5. The molecule has 0 spiro atoms. The molecule has 162 valence electrons. The maximum absolute atomic E-state index is 13.4. The van der Waals surface area contributed by atoms with Crippen LogP contribution in [0.4, 0.5) is 0 Å². The Hall–Kier alpha value is -3.10. The zero-order valence-corrected chi connectivity index (χ0v) is 18.2. The Balaban J connectivity index is 2.00. The first kappa shape index (κ1) is 21.1. The van der Waals surface area contributed by atoms with Gasteiger partial charge in [-0.1, -0.05) is 24.3 Å². The molecule has 2 heterocycles. The van der Waals surface area contributed by atoms with Crippen LogP contribution in [0.5, 0.6) is 11.5 Å². The number of hydrogen-bond donors (Lipinski definition) is 1. The Morgan fingerprint density at radius 2 is 1.74 bits per heavy atom. The lowest BCUT2D eigenvalue weighted by Crippen LogP contribution is -2.52. The Morgan fingerprint density at radius 1 is 1.06 bits per heavy atom. The third kappa shape index (κ3) is 3.51. The fraction of sp³-hybridized carbons (Fsp3) is 0.261. The van der Waals surface area contributed by atoms with Crippen LogP contribution in [0, 0.1) is 0 Å². The number of nitrogens with zero attached hydrogens (tertiary/aromatic N) is 1. The maximum atomic E-state index is 13.4. The zero-order chi connectivity index (χ0) is 22.4. The molecule has 0 bridgehead atoms. The van der Waals surface area contributed by atoms with Crippen LogP contribution in [-0.2, 0) is 9.84 Å². The number of sulfone groups is 1. The molecule has 0 aliphatic carbocycles. The molecule has 1 N–H and O–H groups in total. The van der Waals surface area contributed by atoms with Gasteiger partial charge in [0.2, 0.25) is 9.84 Å². The summed E-state index contributed by atoms with van der Waals surface area (Å²) in [5.41, 5.74) is -0.966. The van der Waals surface area contributed by atoms with Crippen molar-refractivity contribution in [3.63, 3.8) is 0 Å². The Kier molecular flexibility index (Phi) is 5.15. The van der Waals surface area contributed by atoms with Crippen molar-refractivity contribution in [2.75, 3.05) is 7.11 Å². The summed E-state index contributed by atoms with van der Waals surface area (Å²) in [6.45, 7) is 3.42. The lowest BCUT2D eigenvalue weighted by atomic mass is 9.86. The first-order valence-corrected chi connectivity index (χ1v) is 11.2. The molecule has 1 aliphatic rings. The molecule has 2 aromatic carbocycles. The largest absolute Gasteiger partial charge is 0.495 e. The smallest absolute Gasteiger partial charge is 0.251 e. The number of aromatic nitrogens is 1. The number of ether oxygens (including phenoxy) is 2. The highest BCUT2D eigenvalue weighted by molar-refractivity contribution is 7.91. The van der Waals surface area contributed by atoms with E-state index < -0.39 is 27.6 Å². The molecule has 0 fully saturated rings. The molecule has 4 rings (SSSR count). The van der Waals surface area contributed by atoms with Gasteiger partial charge < -0.3 is 19.1 Å². The third-order valence-corrected chi connectivity index (χ3v) is 7.28. The first-order valence-electron chi connectivity index (χ1n) is 9.73. The maximum Gasteiger partial charge on any atom is 0.251 e. The first-order chi connectivity index (χ1) is 14.7. The van der Waals surface area contributed by atoms with Gasteiger partial charge in [-0.3, -0.25) is 4.79 Å². The molecule has 0 saturated heterocycles. The van der Waals surface area contributed by atoms with Gasteiger partial charge in [0.05, 0.1) is 18.0 Å². The summed E-state index contributed by atoms with van der Waals surface area (Å²) >= 11 is 0. The lowest BCUT2D eigenvalue weighted by Gasteiger charge is -2.42. The van der Waals surface area contributed by atoms with Gasteiger partial charge in [0.1, 0.15) is 28.1 Å². The molecular formula is C23H23NO6S. The predicted molar refractivity (Wildman–Crippen MR) is 114 cm³/mol. The molecule has 0 saturated carbocycles. The van der Waals surface area contributed by atoms with Crippen LogP contribution in [0.25, 0.3) is 0 Å². The third-order valence-electron chi connectivity index (χ3n) is 5.49. The molecule has 31 heavy (non-hydrogen) atoms. The molecule has 7 nitrogen and oxygen atoms in total. The van der Waals surface area contributed by atoms with Crippen molar-refractivity contribution in [2.24, 2.45) is 0 Å². The van der Waals surface area contributed by atoms with Crippen LogP contribution in [0.1, 0.15) is 25.5 Å². The standard InChI is InChI=1S/C23H23NO6S/c1-23(2)22(26)21(24-12-8-7-11-20(24)25)16-13-19(18(29-3)14-17(16)30-23)31(27,28)15-9-5-4-6-10-15/h4-14,21-22,26H,1-3H3. The van der Waals surface area contributed by atoms with E-state index in [1.165, 1.54) is 42.0 Å². The van der Waals surface area contributed by atoms with E-state index in [4.69, 9.17) is 9.47 Å². The monoisotopic (exact) mass is 441 g/mol. The fourth-order valence-electron chi connectivity index (χ4n) is 3.84. The molecular weight excluding hydrogens is 418 g/mol. The van der Waals surface area contributed by atoms with E-state index in [1.807, 2.05) is 0 Å². The number of methoxy groups -OCH3 is 1. The van der Waals surface area contributed by atoms with Crippen molar-refractivity contribution in [3.05, 3.63) is 82.8 Å². The summed E-state index contributed by atoms with van der Waals surface area (Å²) in [4.78, 5) is 12.6. The van der Waals surface area contributed by atoms with Crippen molar-refractivity contribution in [3.8, 4) is 11.5 Å². The van der Waals surface area contributed by atoms with Crippen LogP contribution in [0.15, 0.2) is 81.4 Å². The normalized spacial score (nSPS) is 19.9. The molecule has 8 heteroatoms. The molecule has 2 unspecified atom stereocenters. The summed E-state index contributed by atoms with van der Waals surface area (Å²) in [5.74, 6) is 0.467. The summed E-state index contributed by atoms with van der Waals surface area (Å²) in [7, 11) is -2.54. The second kappa shape index (κ2) is 7.55. The second-order valence-corrected chi connectivity index (χ2v) is 9.82. The van der Waals surface area contributed by atoms with E-state index in [-0.39, 0.29) is 21.1 Å². The van der Waals surface area contributed by atoms with Gasteiger partial charge in [0.15, 0.2) is 0 Å². The minimum absolute atomic E-state index is 0.0653. The molecule has 0 radical (unpaired) electrons. The van der Waals surface area contributed by atoms with E-state index in [1.54, 1.807) is 50.4 Å². The van der Waals surface area contributed by atoms with Crippen molar-refractivity contribution in [1.29, 1.82) is 0 Å². The van der Waals surface area contributed by atoms with E-state index >= 15 is 0 Å². The predicted octanol–water partition coefficient (Wildman–Crippen LogP) is 2.81. The topological polar surface area (TPSA) is 94.8 Å². The van der Waals surface area contributed by atoms with Crippen LogP contribution < -0.4 is 15.0 Å². The highest BCUT2D eigenvalue weighted by Gasteiger charge is 2.45. The van der Waals surface area contributed by atoms with Gasteiger partial charge >= 0.3 is 0 Å². The molecule has 1 aliphatic heterocycles. The molecule has 1 aromatic heterocycles. The van der Waals surface area contributed by atoms with Gasteiger partial charge in [-0.2, -0.15) is 0 Å². The van der Waals surface area contributed by atoms with Crippen molar-refractivity contribution in [1.82, 2.24) is 4.57 Å². The zero-order valence-electron chi connectivity index (χ0n) is 17.3. The number of benzene rings is 2. The number of pyridine rings is 1.